The van der Waals surface area contributed by atoms with E-state index in [9.17, 15) is 8.78 Å². The molecule has 94 valence electrons. The van der Waals surface area contributed by atoms with E-state index in [0.717, 1.165) is 18.2 Å². The van der Waals surface area contributed by atoms with Crippen LogP contribution in [-0.2, 0) is 5.88 Å². The van der Waals surface area contributed by atoms with E-state index in [1.54, 1.807) is 18.2 Å². The van der Waals surface area contributed by atoms with E-state index in [0.29, 0.717) is 16.3 Å². The molecule has 2 aromatic carbocycles. The number of hydrogen-bond acceptors (Lipinski definition) is 1. The Morgan fingerprint density at radius 3 is 2.28 bits per heavy atom. The second-order valence-electron chi connectivity index (χ2n) is 3.59. The molecule has 1 nitrogen and oxygen atoms in total. The van der Waals surface area contributed by atoms with Crippen LogP contribution in [0.3, 0.4) is 0 Å². The molecule has 0 N–H and O–H groups in total. The normalized spacial score (nSPS) is 10.4. The largest absolute Gasteiger partial charge is 0.457 e. The minimum Gasteiger partial charge on any atom is -0.457 e. The van der Waals surface area contributed by atoms with Crippen molar-refractivity contribution in [2.24, 2.45) is 0 Å². The van der Waals surface area contributed by atoms with Gasteiger partial charge in [-0.15, -0.1) is 11.6 Å². The van der Waals surface area contributed by atoms with Crippen LogP contribution in [0.15, 0.2) is 36.4 Å². The first-order valence-corrected chi connectivity index (χ1v) is 5.98. The molecule has 0 aromatic heterocycles. The van der Waals surface area contributed by atoms with E-state index >= 15 is 0 Å². The fraction of sp³-hybridized carbons (Fsp3) is 0.0769. The van der Waals surface area contributed by atoms with E-state index in [1.807, 2.05) is 0 Å². The highest BCUT2D eigenvalue weighted by atomic mass is 35.5. The van der Waals surface area contributed by atoms with Crippen molar-refractivity contribution in [1.82, 2.24) is 0 Å². The monoisotopic (exact) mass is 288 g/mol. The summed E-state index contributed by atoms with van der Waals surface area (Å²) in [7, 11) is 0. The lowest BCUT2D eigenvalue weighted by molar-refractivity contribution is 0.464. The maximum Gasteiger partial charge on any atom is 0.133 e. The van der Waals surface area contributed by atoms with E-state index in [-0.39, 0.29) is 11.6 Å². The molecular formula is C13H8Cl2F2O. The van der Waals surface area contributed by atoms with E-state index in [1.165, 1.54) is 0 Å². The average molecular weight is 289 g/mol. The summed E-state index contributed by atoms with van der Waals surface area (Å²) in [6.07, 6.45) is 0. The fourth-order valence-electron chi connectivity index (χ4n) is 1.45. The Hall–Kier alpha value is -1.32. The maximum absolute atomic E-state index is 13.0. The molecule has 0 fully saturated rings. The summed E-state index contributed by atoms with van der Waals surface area (Å²) in [5.74, 6) is -0.771. The third kappa shape index (κ3) is 3.12. The highest BCUT2D eigenvalue weighted by Crippen LogP contribution is 2.30. The van der Waals surface area contributed by atoms with E-state index < -0.39 is 11.6 Å². The Morgan fingerprint density at radius 2 is 1.67 bits per heavy atom. The number of halogens is 4. The van der Waals surface area contributed by atoms with Crippen molar-refractivity contribution in [3.63, 3.8) is 0 Å². The molecule has 0 aliphatic rings. The predicted molar refractivity (Wildman–Crippen MR) is 67.4 cm³/mol. The SMILES string of the molecule is Fc1cc(F)cc(Oc2cc(Cl)ccc2CCl)c1. The van der Waals surface area contributed by atoms with Gasteiger partial charge in [-0.3, -0.25) is 0 Å². The summed E-state index contributed by atoms with van der Waals surface area (Å²) >= 11 is 11.6. The van der Waals surface area contributed by atoms with Crippen molar-refractivity contribution in [3.05, 3.63) is 58.6 Å². The van der Waals surface area contributed by atoms with Crippen LogP contribution in [0, 0.1) is 11.6 Å². The summed E-state index contributed by atoms with van der Waals surface area (Å²) < 4.78 is 31.4. The van der Waals surface area contributed by atoms with Gasteiger partial charge in [0.1, 0.15) is 23.1 Å². The first kappa shape index (κ1) is 13.1. The molecule has 5 heteroatoms. The topological polar surface area (TPSA) is 9.23 Å². The van der Waals surface area contributed by atoms with Gasteiger partial charge in [-0.2, -0.15) is 0 Å². The van der Waals surface area contributed by atoms with Crippen LogP contribution in [0.5, 0.6) is 11.5 Å². The Kier molecular flexibility index (Phi) is 4.04. The zero-order valence-corrected chi connectivity index (χ0v) is 10.6. The third-order valence-corrected chi connectivity index (χ3v) is 2.76. The van der Waals surface area contributed by atoms with Crippen molar-refractivity contribution in [2.75, 3.05) is 0 Å². The molecule has 0 aliphatic heterocycles. The summed E-state index contributed by atoms with van der Waals surface area (Å²) in [4.78, 5) is 0. The lowest BCUT2D eigenvalue weighted by atomic mass is 10.2. The van der Waals surface area contributed by atoms with Gasteiger partial charge in [0.25, 0.3) is 0 Å². The first-order valence-electron chi connectivity index (χ1n) is 5.07. The second kappa shape index (κ2) is 5.55. The van der Waals surface area contributed by atoms with Gasteiger partial charge < -0.3 is 4.74 Å². The Labute approximate surface area is 113 Å². The van der Waals surface area contributed by atoms with Gasteiger partial charge >= 0.3 is 0 Å². The molecule has 2 aromatic rings. The number of alkyl halides is 1. The molecule has 0 atom stereocenters. The Balaban J connectivity index is 2.35. The second-order valence-corrected chi connectivity index (χ2v) is 4.30. The van der Waals surface area contributed by atoms with Crippen LogP contribution in [0.1, 0.15) is 5.56 Å². The van der Waals surface area contributed by atoms with Gasteiger partial charge in [0.05, 0.1) is 5.88 Å². The van der Waals surface area contributed by atoms with E-state index in [4.69, 9.17) is 27.9 Å². The van der Waals surface area contributed by atoms with Crippen LogP contribution < -0.4 is 4.74 Å². The quantitative estimate of drug-likeness (QED) is 0.710. The minimum atomic E-state index is -0.709. The zero-order valence-electron chi connectivity index (χ0n) is 9.09. The van der Waals surface area contributed by atoms with Crippen LogP contribution in [0.25, 0.3) is 0 Å². The molecule has 0 amide bonds. The van der Waals surface area contributed by atoms with Gasteiger partial charge in [-0.25, -0.2) is 8.78 Å². The highest BCUT2D eigenvalue weighted by Gasteiger charge is 2.07. The molecule has 0 heterocycles. The molecular weight excluding hydrogens is 281 g/mol. The molecule has 18 heavy (non-hydrogen) atoms. The van der Waals surface area contributed by atoms with Crippen molar-refractivity contribution in [3.8, 4) is 11.5 Å². The molecule has 0 aliphatic carbocycles. The fourth-order valence-corrected chi connectivity index (χ4v) is 1.83. The average Bonchev–Trinajstić information content (AvgIpc) is 2.27. The Bertz CT molecular complexity index is 553. The smallest absolute Gasteiger partial charge is 0.133 e. The maximum atomic E-state index is 13.0. The van der Waals surface area contributed by atoms with Crippen molar-refractivity contribution < 1.29 is 13.5 Å². The lowest BCUT2D eigenvalue weighted by Gasteiger charge is -2.10. The van der Waals surface area contributed by atoms with Gasteiger partial charge in [-0.1, -0.05) is 17.7 Å². The predicted octanol–water partition coefficient (Wildman–Crippen LogP) is 5.15. The third-order valence-electron chi connectivity index (χ3n) is 2.24. The molecule has 0 saturated carbocycles. The lowest BCUT2D eigenvalue weighted by Crippen LogP contribution is -1.91. The summed E-state index contributed by atoms with van der Waals surface area (Å²) in [5, 5.41) is 0.454. The van der Waals surface area contributed by atoms with Crippen molar-refractivity contribution in [2.45, 2.75) is 5.88 Å². The summed E-state index contributed by atoms with van der Waals surface area (Å²) in [6, 6.07) is 7.85. The highest BCUT2D eigenvalue weighted by molar-refractivity contribution is 6.30. The first-order chi connectivity index (χ1) is 8.58. The number of rotatable bonds is 3. The van der Waals surface area contributed by atoms with Gasteiger partial charge in [-0.05, 0) is 12.1 Å². The van der Waals surface area contributed by atoms with Crippen LogP contribution in [0.4, 0.5) is 8.78 Å². The zero-order chi connectivity index (χ0) is 13.1. The van der Waals surface area contributed by atoms with E-state index in [2.05, 4.69) is 0 Å². The molecule has 2 rings (SSSR count). The molecule has 0 saturated heterocycles. The van der Waals surface area contributed by atoms with Crippen LogP contribution in [0.2, 0.25) is 5.02 Å². The van der Waals surface area contributed by atoms with Crippen molar-refractivity contribution >= 4 is 23.2 Å². The molecule has 0 radical (unpaired) electrons. The molecule has 0 unspecified atom stereocenters. The Morgan fingerprint density at radius 1 is 1.00 bits per heavy atom. The number of ether oxygens (including phenoxy) is 1. The van der Waals surface area contributed by atoms with Gasteiger partial charge in [0.2, 0.25) is 0 Å². The number of hydrogen-bond donors (Lipinski definition) is 0. The van der Waals surface area contributed by atoms with Crippen molar-refractivity contribution in [1.29, 1.82) is 0 Å². The minimum absolute atomic E-state index is 0.0566. The summed E-state index contributed by atoms with van der Waals surface area (Å²) in [6.45, 7) is 0. The number of benzene rings is 2. The summed E-state index contributed by atoms with van der Waals surface area (Å²) in [5.41, 5.74) is 0.686. The van der Waals surface area contributed by atoms with Gasteiger partial charge in [0, 0.05) is 28.8 Å². The molecule has 0 bridgehead atoms. The van der Waals surface area contributed by atoms with Crippen LogP contribution >= 0.6 is 23.2 Å². The van der Waals surface area contributed by atoms with Crippen LogP contribution in [-0.4, -0.2) is 0 Å². The molecule has 0 spiro atoms. The standard InChI is InChI=1S/C13H8Cl2F2O/c14-7-8-1-2-9(15)3-13(8)18-12-5-10(16)4-11(17)6-12/h1-6H,7H2. The van der Waals surface area contributed by atoms with Gasteiger partial charge in [0.15, 0.2) is 0 Å².